The number of amidine groups is 1. The summed E-state index contributed by atoms with van der Waals surface area (Å²) in [7, 11) is 6.42. The number of nitrogens with zero attached hydrogens (tertiary/aromatic N) is 4. The van der Waals surface area contributed by atoms with Crippen LogP contribution in [0.5, 0.6) is 23.0 Å². The number of nitrogens with one attached hydrogen (secondary N) is 1. The number of hydrogen-bond acceptors (Lipinski definition) is 8. The maximum absolute atomic E-state index is 5.43. The van der Waals surface area contributed by atoms with E-state index in [0.29, 0.717) is 34.8 Å². The Kier molecular flexibility index (Phi) is 5.11. The molecule has 2 heterocycles. The lowest BCUT2D eigenvalue weighted by Crippen LogP contribution is -2.44. The fraction of sp³-hybridized carbons (Fsp3) is 0.190. The van der Waals surface area contributed by atoms with Crippen molar-refractivity contribution in [3.63, 3.8) is 0 Å². The Morgan fingerprint density at radius 3 is 1.90 bits per heavy atom. The van der Waals surface area contributed by atoms with Crippen LogP contribution in [0.2, 0.25) is 0 Å². The van der Waals surface area contributed by atoms with Crippen LogP contribution < -0.4 is 28.9 Å². The van der Waals surface area contributed by atoms with Gasteiger partial charge in [-0.2, -0.15) is 4.99 Å². The number of guanidine groups is 1. The van der Waals surface area contributed by atoms with E-state index < -0.39 is 0 Å². The molecule has 0 aromatic heterocycles. The first-order valence-electron chi connectivity index (χ1n) is 9.13. The van der Waals surface area contributed by atoms with Crippen LogP contribution in [0.3, 0.4) is 0 Å². The number of anilines is 1. The molecule has 0 bridgehead atoms. The molecule has 154 valence electrons. The Labute approximate surface area is 174 Å². The summed E-state index contributed by atoms with van der Waals surface area (Å²) in [6.45, 7) is 0. The maximum atomic E-state index is 5.43. The Balaban J connectivity index is 1.76. The molecule has 0 saturated heterocycles. The zero-order valence-electron chi connectivity index (χ0n) is 17.1. The van der Waals surface area contributed by atoms with Crippen molar-refractivity contribution in [1.29, 1.82) is 0 Å². The predicted molar refractivity (Wildman–Crippen MR) is 117 cm³/mol. The van der Waals surface area contributed by atoms with Gasteiger partial charge in [0.15, 0.2) is 11.9 Å². The summed E-state index contributed by atoms with van der Waals surface area (Å²) in [4.78, 5) is 8.86. The number of hydrogen-bond donors (Lipinski definition) is 1. The van der Waals surface area contributed by atoms with Gasteiger partial charge in [0.25, 0.3) is 11.8 Å². The third kappa shape index (κ3) is 3.46. The number of benzene rings is 2. The van der Waals surface area contributed by atoms with E-state index in [-0.39, 0.29) is 4.59 Å². The summed E-state index contributed by atoms with van der Waals surface area (Å²) in [5.41, 5.74) is 1.53. The van der Waals surface area contributed by atoms with Gasteiger partial charge >= 0.3 is 0 Å². The van der Waals surface area contributed by atoms with Crippen LogP contribution in [-0.2, 0) is 0 Å². The number of rotatable bonds is 6. The molecule has 2 aliphatic rings. The van der Waals surface area contributed by atoms with E-state index >= 15 is 0 Å². The van der Waals surface area contributed by atoms with Crippen LogP contribution in [0.4, 0.5) is 11.4 Å². The van der Waals surface area contributed by atoms with Gasteiger partial charge in [0.05, 0.1) is 34.6 Å². The second kappa shape index (κ2) is 7.88. The highest BCUT2D eigenvalue weighted by molar-refractivity contribution is 6.38. The van der Waals surface area contributed by atoms with E-state index in [1.807, 2.05) is 36.5 Å². The van der Waals surface area contributed by atoms with Gasteiger partial charge in [-0.05, 0) is 5.10 Å². The van der Waals surface area contributed by atoms with Crippen molar-refractivity contribution in [2.75, 3.05) is 33.8 Å². The summed E-state index contributed by atoms with van der Waals surface area (Å²) in [6.07, 6.45) is 5.20. The molecule has 2 aromatic carbocycles. The topological polar surface area (TPSA) is 86.0 Å². The van der Waals surface area contributed by atoms with E-state index in [0.717, 1.165) is 11.4 Å². The maximum Gasteiger partial charge on any atom is 0.287 e. The van der Waals surface area contributed by atoms with Gasteiger partial charge in [-0.25, -0.2) is 0 Å². The second-order valence-corrected chi connectivity index (χ2v) is 6.45. The highest BCUT2D eigenvalue weighted by atomic mass is 16.5. The van der Waals surface area contributed by atoms with Crippen molar-refractivity contribution in [2.45, 2.75) is 0 Å². The normalized spacial score (nSPS) is 18.9. The predicted octanol–water partition coefficient (Wildman–Crippen LogP) is 3.38. The summed E-state index contributed by atoms with van der Waals surface area (Å²) in [6, 6.07) is 11.1. The molecule has 4 rings (SSSR count). The highest BCUT2D eigenvalue weighted by Crippen LogP contribution is 2.37. The Morgan fingerprint density at radius 1 is 0.767 bits per heavy atom. The molecular weight excluding hydrogens is 386 g/mol. The van der Waals surface area contributed by atoms with Crippen molar-refractivity contribution in [3.05, 3.63) is 48.8 Å². The average Bonchev–Trinajstić information content (AvgIpc) is 3.17. The average molecular weight is 408 g/mol. The largest absolute Gasteiger partial charge is 0.497 e. The van der Waals surface area contributed by atoms with Gasteiger partial charge in [-0.1, -0.05) is 4.59 Å². The van der Waals surface area contributed by atoms with Crippen molar-refractivity contribution in [3.8, 4) is 23.0 Å². The minimum Gasteiger partial charge on any atom is -0.497 e. The van der Waals surface area contributed by atoms with E-state index in [9.17, 15) is 0 Å². The summed E-state index contributed by atoms with van der Waals surface area (Å²) < 4.78 is 21.5. The fourth-order valence-corrected chi connectivity index (χ4v) is 3.21. The Hall–Kier alpha value is -3.85. The molecule has 0 saturated carbocycles. The van der Waals surface area contributed by atoms with Gasteiger partial charge in [0, 0.05) is 42.1 Å². The van der Waals surface area contributed by atoms with Gasteiger partial charge < -0.3 is 24.3 Å². The van der Waals surface area contributed by atoms with Crippen LogP contribution in [-0.4, -0.2) is 46.4 Å². The van der Waals surface area contributed by atoms with E-state index in [4.69, 9.17) is 24.0 Å². The van der Waals surface area contributed by atoms with E-state index in [1.165, 1.54) is 0 Å². The third-order valence-corrected chi connectivity index (χ3v) is 4.72. The van der Waals surface area contributed by atoms with Crippen LogP contribution in [0.25, 0.3) is 0 Å². The molecule has 1 atom stereocenters. The first-order valence-corrected chi connectivity index (χ1v) is 9.13. The van der Waals surface area contributed by atoms with Crippen LogP contribution in [0.1, 0.15) is 0 Å². The molecule has 0 fully saturated rings. The molecule has 2 aliphatic heterocycles. The van der Waals surface area contributed by atoms with Crippen LogP contribution in [0, 0.1) is 0 Å². The number of quaternary nitrogens is 1. The summed E-state index contributed by atoms with van der Waals surface area (Å²) >= 11 is 0. The molecule has 0 aliphatic carbocycles. The summed E-state index contributed by atoms with van der Waals surface area (Å²) in [5, 5.41) is 8.06. The highest BCUT2D eigenvalue weighted by Gasteiger charge is 2.43. The molecule has 0 amide bonds. The Morgan fingerprint density at radius 2 is 1.33 bits per heavy atom. The summed E-state index contributed by atoms with van der Waals surface area (Å²) in [5.74, 6) is 3.67. The fourth-order valence-electron chi connectivity index (χ4n) is 3.21. The lowest BCUT2D eigenvalue weighted by Gasteiger charge is -2.24. The zero-order chi connectivity index (χ0) is 21.1. The van der Waals surface area contributed by atoms with Crippen LogP contribution >= 0.6 is 0 Å². The van der Waals surface area contributed by atoms with Crippen molar-refractivity contribution in [1.82, 2.24) is 4.59 Å². The number of ether oxygens (including phenoxy) is 4. The first kappa shape index (κ1) is 19.5. The molecule has 30 heavy (non-hydrogen) atoms. The number of aliphatic imine (C=N–C) groups is 2. The third-order valence-electron chi connectivity index (χ3n) is 4.72. The Bertz CT molecular complexity index is 1050. The molecular formula is C21H22N5O4+. The van der Waals surface area contributed by atoms with Crippen molar-refractivity contribution in [2.24, 2.45) is 15.1 Å². The lowest BCUT2D eigenvalue weighted by atomic mass is 10.2. The second-order valence-electron chi connectivity index (χ2n) is 6.45. The van der Waals surface area contributed by atoms with E-state index in [1.54, 1.807) is 46.9 Å². The van der Waals surface area contributed by atoms with Gasteiger partial charge in [0.1, 0.15) is 29.2 Å². The molecule has 0 spiro atoms. The standard InChI is InChI=1S/C21H22N5O4/c1-27-16-7-14(8-17(11-16)28-2)23-21-24-20-13-22-5-6-26(20,25-21)15-9-18(29-3)12-19(10-15)30-4/h5-13H,1-4H3,(H,23,25)/q+1. The molecule has 9 nitrogen and oxygen atoms in total. The first-order chi connectivity index (χ1) is 14.6. The van der Waals surface area contributed by atoms with Gasteiger partial charge in [-0.3, -0.25) is 4.99 Å². The lowest BCUT2D eigenvalue weighted by molar-refractivity contribution is 0.392. The minimum absolute atomic E-state index is 0.000493. The minimum atomic E-state index is 0.000493. The van der Waals surface area contributed by atoms with Crippen molar-refractivity contribution < 1.29 is 18.9 Å². The quantitative estimate of drug-likeness (QED) is 0.741. The zero-order valence-corrected chi connectivity index (χ0v) is 17.1. The smallest absolute Gasteiger partial charge is 0.287 e. The van der Waals surface area contributed by atoms with Crippen molar-refractivity contribution >= 4 is 29.4 Å². The van der Waals surface area contributed by atoms with E-state index in [2.05, 4.69) is 15.3 Å². The monoisotopic (exact) mass is 408 g/mol. The SMILES string of the molecule is COc1cc(NC2=N[N+]3(c4cc(OC)cc(OC)c4)C=CN=CC3=N2)cc(OC)c1. The molecule has 0 radical (unpaired) electrons. The molecule has 1 N–H and O–H groups in total. The van der Waals surface area contributed by atoms with Gasteiger partial charge in [-0.15, -0.1) is 0 Å². The number of fused-ring (bicyclic) bond motifs is 1. The number of methoxy groups -OCH3 is 4. The van der Waals surface area contributed by atoms with Crippen LogP contribution in [0.15, 0.2) is 63.9 Å². The molecule has 1 unspecified atom stereocenters. The molecule has 2 aromatic rings. The molecule has 9 heteroatoms. The van der Waals surface area contributed by atoms with Gasteiger partial charge in [0.2, 0.25) is 0 Å².